The normalized spacial score (nSPS) is 22.4. The van der Waals surface area contributed by atoms with Gasteiger partial charge in [0.25, 0.3) is 0 Å². The van der Waals surface area contributed by atoms with Crippen LogP contribution in [0.3, 0.4) is 0 Å². The van der Waals surface area contributed by atoms with Gasteiger partial charge in [0, 0.05) is 17.1 Å². The number of hydrogen-bond acceptors (Lipinski definition) is 2. The molecule has 2 atom stereocenters. The molecule has 19 heavy (non-hydrogen) atoms. The molecule has 0 amide bonds. The number of benzene rings is 1. The summed E-state index contributed by atoms with van der Waals surface area (Å²) >= 11 is 3.56. The van der Waals surface area contributed by atoms with E-state index in [4.69, 9.17) is 0 Å². The van der Waals surface area contributed by atoms with Crippen LogP contribution in [0, 0.1) is 5.92 Å². The molecule has 2 nitrogen and oxygen atoms in total. The van der Waals surface area contributed by atoms with E-state index < -0.39 is 0 Å². The Bertz CT molecular complexity index is 394. The van der Waals surface area contributed by atoms with Crippen molar-refractivity contribution >= 4 is 15.9 Å². The van der Waals surface area contributed by atoms with Crippen LogP contribution in [0.1, 0.15) is 37.8 Å². The molecular formula is C16H25BrN2. The van der Waals surface area contributed by atoms with Crippen molar-refractivity contribution in [2.75, 3.05) is 26.7 Å². The zero-order chi connectivity index (χ0) is 13.7. The molecule has 0 spiro atoms. The molecule has 1 N–H and O–H groups in total. The monoisotopic (exact) mass is 324 g/mol. The molecule has 1 fully saturated rings. The number of nitrogens with zero attached hydrogens (tertiary/aromatic N) is 1. The van der Waals surface area contributed by atoms with Crippen molar-refractivity contribution in [1.82, 2.24) is 10.2 Å². The van der Waals surface area contributed by atoms with Gasteiger partial charge >= 0.3 is 0 Å². The van der Waals surface area contributed by atoms with Crippen molar-refractivity contribution < 1.29 is 0 Å². The molecule has 0 bridgehead atoms. The molecule has 0 saturated carbocycles. The van der Waals surface area contributed by atoms with Gasteiger partial charge in [0.15, 0.2) is 0 Å². The van der Waals surface area contributed by atoms with Crippen LogP contribution in [0.4, 0.5) is 0 Å². The second-order valence-corrected chi connectivity index (χ2v) is 6.61. The summed E-state index contributed by atoms with van der Waals surface area (Å²) in [5, 5.41) is 3.76. The van der Waals surface area contributed by atoms with E-state index >= 15 is 0 Å². The van der Waals surface area contributed by atoms with Crippen LogP contribution >= 0.6 is 15.9 Å². The Hall–Kier alpha value is -0.380. The molecule has 1 aromatic carbocycles. The predicted molar refractivity (Wildman–Crippen MR) is 85.4 cm³/mol. The van der Waals surface area contributed by atoms with Gasteiger partial charge in [-0.25, -0.2) is 0 Å². The van der Waals surface area contributed by atoms with Gasteiger partial charge in [-0.15, -0.1) is 0 Å². The van der Waals surface area contributed by atoms with Gasteiger partial charge in [-0.3, -0.25) is 0 Å². The van der Waals surface area contributed by atoms with Crippen molar-refractivity contribution in [2.24, 2.45) is 5.92 Å². The van der Waals surface area contributed by atoms with Crippen molar-refractivity contribution in [3.63, 3.8) is 0 Å². The molecule has 1 saturated heterocycles. The summed E-state index contributed by atoms with van der Waals surface area (Å²) < 4.78 is 1.17. The van der Waals surface area contributed by atoms with Crippen molar-refractivity contribution in [2.45, 2.75) is 32.2 Å². The lowest BCUT2D eigenvalue weighted by Gasteiger charge is -2.31. The van der Waals surface area contributed by atoms with Gasteiger partial charge in [0.1, 0.15) is 0 Å². The molecule has 0 aromatic heterocycles. The highest BCUT2D eigenvalue weighted by Crippen LogP contribution is 2.22. The predicted octanol–water partition coefficient (Wildman–Crippen LogP) is 3.83. The quantitative estimate of drug-likeness (QED) is 0.885. The van der Waals surface area contributed by atoms with E-state index in [1.54, 1.807) is 0 Å². The maximum absolute atomic E-state index is 3.76. The molecular weight excluding hydrogens is 300 g/mol. The van der Waals surface area contributed by atoms with Crippen molar-refractivity contribution in [1.29, 1.82) is 0 Å². The molecule has 0 aliphatic carbocycles. The van der Waals surface area contributed by atoms with Gasteiger partial charge in [0.2, 0.25) is 0 Å². The van der Waals surface area contributed by atoms with Crippen LogP contribution in [0.25, 0.3) is 0 Å². The highest BCUT2D eigenvalue weighted by molar-refractivity contribution is 9.10. The average molecular weight is 325 g/mol. The summed E-state index contributed by atoms with van der Waals surface area (Å²) in [4.78, 5) is 2.45. The van der Waals surface area contributed by atoms with Crippen molar-refractivity contribution in [3.05, 3.63) is 34.3 Å². The molecule has 2 unspecified atom stereocenters. The van der Waals surface area contributed by atoms with Crippen LogP contribution < -0.4 is 5.32 Å². The summed E-state index contributed by atoms with van der Waals surface area (Å²) in [7, 11) is 2.23. The Morgan fingerprint density at radius 1 is 1.47 bits per heavy atom. The Morgan fingerprint density at radius 2 is 2.32 bits per heavy atom. The Labute approximate surface area is 125 Å². The fourth-order valence-electron chi connectivity index (χ4n) is 2.97. The third kappa shape index (κ3) is 4.59. The minimum Gasteiger partial charge on any atom is -0.310 e. The largest absolute Gasteiger partial charge is 0.310 e. The number of halogens is 1. The smallest absolute Gasteiger partial charge is 0.0318 e. The van der Waals surface area contributed by atoms with E-state index in [2.05, 4.69) is 64.4 Å². The van der Waals surface area contributed by atoms with Gasteiger partial charge < -0.3 is 10.2 Å². The van der Waals surface area contributed by atoms with E-state index in [1.165, 1.54) is 36.0 Å². The maximum Gasteiger partial charge on any atom is 0.0318 e. The topological polar surface area (TPSA) is 15.3 Å². The molecule has 106 valence electrons. The first-order valence-corrected chi connectivity index (χ1v) is 8.15. The summed E-state index contributed by atoms with van der Waals surface area (Å²) in [5.74, 6) is 0.806. The summed E-state index contributed by atoms with van der Waals surface area (Å²) in [6, 6.07) is 9.14. The van der Waals surface area contributed by atoms with E-state index in [1.807, 2.05) is 0 Å². The fourth-order valence-corrected chi connectivity index (χ4v) is 3.39. The summed E-state index contributed by atoms with van der Waals surface area (Å²) in [6.45, 7) is 5.89. The zero-order valence-electron chi connectivity index (χ0n) is 12.0. The van der Waals surface area contributed by atoms with Crippen molar-refractivity contribution in [3.8, 4) is 0 Å². The number of likely N-dealkylation sites (tertiary alicyclic amines) is 1. The van der Waals surface area contributed by atoms with Crippen LogP contribution in [0.15, 0.2) is 28.7 Å². The number of rotatable bonds is 5. The first-order valence-electron chi connectivity index (χ1n) is 7.36. The minimum absolute atomic E-state index is 0.477. The second kappa shape index (κ2) is 7.41. The third-order valence-corrected chi connectivity index (χ3v) is 4.53. The molecule has 1 aromatic rings. The first kappa shape index (κ1) is 15.0. The maximum atomic E-state index is 3.76. The minimum atomic E-state index is 0.477. The number of piperidine rings is 1. The van der Waals surface area contributed by atoms with E-state index in [-0.39, 0.29) is 0 Å². The summed E-state index contributed by atoms with van der Waals surface area (Å²) in [6.07, 6.45) is 3.85. The van der Waals surface area contributed by atoms with Gasteiger partial charge in [0.05, 0.1) is 0 Å². The molecule has 1 aliphatic heterocycles. The molecule has 1 heterocycles. The van der Waals surface area contributed by atoms with Gasteiger partial charge in [-0.1, -0.05) is 35.0 Å². The van der Waals surface area contributed by atoms with E-state index in [9.17, 15) is 0 Å². The molecule has 3 heteroatoms. The SMILES string of the molecule is CCC(NCC1CCCN(C)C1)c1cccc(Br)c1. The molecule has 0 radical (unpaired) electrons. The summed E-state index contributed by atoms with van der Waals surface area (Å²) in [5.41, 5.74) is 1.39. The molecule has 2 rings (SSSR count). The lowest BCUT2D eigenvalue weighted by molar-refractivity contribution is 0.202. The van der Waals surface area contributed by atoms with Gasteiger partial charge in [-0.2, -0.15) is 0 Å². The second-order valence-electron chi connectivity index (χ2n) is 5.69. The number of nitrogens with one attached hydrogen (secondary N) is 1. The fraction of sp³-hybridized carbons (Fsp3) is 0.625. The Kier molecular flexibility index (Phi) is 5.86. The lowest BCUT2D eigenvalue weighted by Crippen LogP contribution is -2.38. The average Bonchev–Trinajstić information content (AvgIpc) is 2.40. The molecule has 1 aliphatic rings. The highest BCUT2D eigenvalue weighted by Gasteiger charge is 2.18. The highest BCUT2D eigenvalue weighted by atomic mass is 79.9. The lowest BCUT2D eigenvalue weighted by atomic mass is 9.97. The van der Waals surface area contributed by atoms with E-state index in [0.717, 1.165) is 18.9 Å². The third-order valence-electron chi connectivity index (χ3n) is 4.03. The Balaban J connectivity index is 1.89. The van der Waals surface area contributed by atoms with Crippen LogP contribution in [-0.2, 0) is 0 Å². The zero-order valence-corrected chi connectivity index (χ0v) is 13.6. The Morgan fingerprint density at radius 3 is 3.00 bits per heavy atom. The van der Waals surface area contributed by atoms with Crippen LogP contribution in [0.2, 0.25) is 0 Å². The van der Waals surface area contributed by atoms with Crippen LogP contribution in [-0.4, -0.2) is 31.6 Å². The van der Waals surface area contributed by atoms with Gasteiger partial charge in [-0.05, 0) is 63.0 Å². The van der Waals surface area contributed by atoms with E-state index in [0.29, 0.717) is 6.04 Å². The standard InChI is InChI=1S/C16H25BrN2/c1-3-16(14-7-4-8-15(17)10-14)18-11-13-6-5-9-19(2)12-13/h4,7-8,10,13,16,18H,3,5-6,9,11-12H2,1-2H3. The first-order chi connectivity index (χ1) is 9.19. The number of hydrogen-bond donors (Lipinski definition) is 1. The van der Waals surface area contributed by atoms with Crippen LogP contribution in [0.5, 0.6) is 0 Å².